The topological polar surface area (TPSA) is 83.4 Å². The van der Waals surface area contributed by atoms with E-state index in [2.05, 4.69) is 20.1 Å². The zero-order valence-corrected chi connectivity index (χ0v) is 16.2. The van der Waals surface area contributed by atoms with E-state index in [-0.39, 0.29) is 18.0 Å². The fourth-order valence-corrected chi connectivity index (χ4v) is 4.68. The molecule has 0 bridgehead atoms. The Morgan fingerprint density at radius 3 is 2.63 bits per heavy atom. The highest BCUT2D eigenvalue weighted by Crippen LogP contribution is 2.35. The lowest BCUT2D eigenvalue weighted by atomic mass is 10.1. The molecule has 3 aliphatic rings. The minimum Gasteiger partial charge on any atom is -0.343 e. The van der Waals surface area contributed by atoms with Crippen LogP contribution in [0.3, 0.4) is 0 Å². The first-order valence-electron chi connectivity index (χ1n) is 10.4. The minimum absolute atomic E-state index is 0.0492. The van der Waals surface area contributed by atoms with Gasteiger partial charge in [-0.2, -0.15) is 0 Å². The molecule has 8 heteroatoms. The molecule has 3 amide bonds. The van der Waals surface area contributed by atoms with Gasteiger partial charge in [-0.25, -0.2) is 4.79 Å². The van der Waals surface area contributed by atoms with Crippen molar-refractivity contribution in [2.45, 2.75) is 70.4 Å². The Kier molecular flexibility index (Phi) is 5.31. The number of nitrogens with zero attached hydrogens (tertiary/aromatic N) is 5. The van der Waals surface area contributed by atoms with Crippen molar-refractivity contribution < 1.29 is 9.59 Å². The van der Waals surface area contributed by atoms with Gasteiger partial charge < -0.3 is 19.7 Å². The number of aromatic nitrogens is 3. The number of amides is 3. The van der Waals surface area contributed by atoms with Crippen LogP contribution in [-0.4, -0.2) is 62.7 Å². The van der Waals surface area contributed by atoms with Crippen LogP contribution in [0.5, 0.6) is 0 Å². The van der Waals surface area contributed by atoms with Crippen molar-refractivity contribution in [3.63, 3.8) is 0 Å². The average Bonchev–Trinajstić information content (AvgIpc) is 3.39. The molecular formula is C19H30N6O2. The molecule has 148 valence electrons. The zero-order chi connectivity index (χ0) is 18.8. The second-order valence-corrected chi connectivity index (χ2v) is 7.99. The maximum atomic E-state index is 12.6. The predicted molar refractivity (Wildman–Crippen MR) is 100 cm³/mol. The second-order valence-electron chi connectivity index (χ2n) is 7.99. The van der Waals surface area contributed by atoms with E-state index in [9.17, 15) is 9.59 Å². The van der Waals surface area contributed by atoms with Gasteiger partial charge in [-0.3, -0.25) is 4.79 Å². The number of nitrogens with one attached hydrogen (secondary N) is 1. The molecule has 1 aromatic rings. The second kappa shape index (κ2) is 7.86. The first-order chi connectivity index (χ1) is 13.1. The lowest BCUT2D eigenvalue weighted by Crippen LogP contribution is -2.47. The van der Waals surface area contributed by atoms with Crippen molar-refractivity contribution in [2.75, 3.05) is 26.2 Å². The molecule has 1 aliphatic carbocycles. The van der Waals surface area contributed by atoms with E-state index in [1.807, 2.05) is 16.7 Å². The molecule has 2 aliphatic heterocycles. The Morgan fingerprint density at radius 1 is 1.11 bits per heavy atom. The SMILES string of the molecule is CC1c2nnc(C3CCCC3)n2CCN1C(=O)NCCCN1CCCC1=O. The molecule has 1 saturated carbocycles. The third-order valence-electron chi connectivity index (χ3n) is 6.25. The Morgan fingerprint density at radius 2 is 1.89 bits per heavy atom. The van der Waals surface area contributed by atoms with E-state index in [4.69, 9.17) is 0 Å². The summed E-state index contributed by atoms with van der Waals surface area (Å²) in [5.41, 5.74) is 0. The van der Waals surface area contributed by atoms with E-state index in [1.165, 1.54) is 25.7 Å². The molecule has 0 spiro atoms. The van der Waals surface area contributed by atoms with Crippen LogP contribution in [-0.2, 0) is 11.3 Å². The molecule has 27 heavy (non-hydrogen) atoms. The molecule has 1 unspecified atom stereocenters. The lowest BCUT2D eigenvalue weighted by molar-refractivity contribution is -0.127. The van der Waals surface area contributed by atoms with Crippen LogP contribution < -0.4 is 5.32 Å². The number of carbonyl (C=O) groups excluding carboxylic acids is 2. The van der Waals surface area contributed by atoms with Crippen molar-refractivity contribution in [1.82, 2.24) is 29.9 Å². The molecule has 1 atom stereocenters. The molecule has 8 nitrogen and oxygen atoms in total. The van der Waals surface area contributed by atoms with Crippen molar-refractivity contribution in [3.05, 3.63) is 11.6 Å². The summed E-state index contributed by atoms with van der Waals surface area (Å²) in [7, 11) is 0. The van der Waals surface area contributed by atoms with Crippen LogP contribution in [0.15, 0.2) is 0 Å². The van der Waals surface area contributed by atoms with E-state index >= 15 is 0 Å². The van der Waals surface area contributed by atoms with E-state index in [1.54, 1.807) is 0 Å². The number of hydrogen-bond acceptors (Lipinski definition) is 4. The summed E-state index contributed by atoms with van der Waals surface area (Å²) in [5, 5.41) is 11.9. The molecule has 0 radical (unpaired) electrons. The molecule has 1 saturated heterocycles. The van der Waals surface area contributed by atoms with Gasteiger partial charge in [0.15, 0.2) is 5.82 Å². The van der Waals surface area contributed by atoms with Gasteiger partial charge in [-0.05, 0) is 32.6 Å². The summed E-state index contributed by atoms with van der Waals surface area (Å²) in [5.74, 6) is 2.79. The zero-order valence-electron chi connectivity index (χ0n) is 16.2. The fraction of sp³-hybridized carbons (Fsp3) is 0.789. The Bertz CT molecular complexity index is 696. The molecule has 1 N–H and O–H groups in total. The van der Waals surface area contributed by atoms with E-state index in [0.717, 1.165) is 44.1 Å². The quantitative estimate of drug-likeness (QED) is 0.800. The van der Waals surface area contributed by atoms with Crippen molar-refractivity contribution in [1.29, 1.82) is 0 Å². The van der Waals surface area contributed by atoms with Gasteiger partial charge in [-0.1, -0.05) is 12.8 Å². The standard InChI is InChI=1S/C19H30N6O2/c1-14-17-21-22-18(15-6-2-3-7-15)25(17)13-12-24(14)19(27)20-9-5-11-23-10-4-8-16(23)26/h14-15H,2-13H2,1H3,(H,20,27). The minimum atomic E-state index is -0.0680. The van der Waals surface area contributed by atoms with Crippen LogP contribution in [0.1, 0.15) is 75.5 Å². The highest BCUT2D eigenvalue weighted by atomic mass is 16.2. The highest BCUT2D eigenvalue weighted by Gasteiger charge is 2.33. The lowest BCUT2D eigenvalue weighted by Gasteiger charge is -2.34. The molecule has 0 aromatic carbocycles. The number of likely N-dealkylation sites (tertiary alicyclic amines) is 1. The van der Waals surface area contributed by atoms with E-state index in [0.29, 0.717) is 25.4 Å². The van der Waals surface area contributed by atoms with Gasteiger partial charge in [0.25, 0.3) is 0 Å². The predicted octanol–water partition coefficient (Wildman–Crippen LogP) is 2.03. The highest BCUT2D eigenvalue weighted by molar-refractivity contribution is 5.78. The van der Waals surface area contributed by atoms with Gasteiger partial charge in [0, 0.05) is 45.1 Å². The Labute approximate surface area is 160 Å². The number of carbonyl (C=O) groups is 2. The van der Waals surface area contributed by atoms with Crippen LogP contribution in [0.2, 0.25) is 0 Å². The first kappa shape index (κ1) is 18.3. The summed E-state index contributed by atoms with van der Waals surface area (Å²) in [6.07, 6.45) is 7.38. The van der Waals surface area contributed by atoms with Gasteiger partial charge >= 0.3 is 6.03 Å². The normalized spacial score (nSPS) is 23.1. The Balaban J connectivity index is 1.29. The average molecular weight is 374 g/mol. The monoisotopic (exact) mass is 374 g/mol. The van der Waals surface area contributed by atoms with Gasteiger partial charge in [-0.15, -0.1) is 10.2 Å². The maximum absolute atomic E-state index is 12.6. The van der Waals surface area contributed by atoms with E-state index < -0.39 is 0 Å². The summed E-state index contributed by atoms with van der Waals surface area (Å²) in [6.45, 7) is 5.66. The molecule has 4 rings (SSSR count). The smallest absolute Gasteiger partial charge is 0.318 e. The molecule has 3 heterocycles. The molecular weight excluding hydrogens is 344 g/mol. The number of rotatable bonds is 5. The van der Waals surface area contributed by atoms with Crippen molar-refractivity contribution in [2.24, 2.45) is 0 Å². The summed E-state index contributed by atoms with van der Waals surface area (Å²) in [6, 6.07) is -0.117. The summed E-state index contributed by atoms with van der Waals surface area (Å²) < 4.78 is 2.24. The third kappa shape index (κ3) is 3.66. The van der Waals surface area contributed by atoms with Gasteiger partial charge in [0.2, 0.25) is 5.91 Å². The van der Waals surface area contributed by atoms with Crippen molar-refractivity contribution >= 4 is 11.9 Å². The van der Waals surface area contributed by atoms with Gasteiger partial charge in [0.05, 0.1) is 6.04 Å². The number of fused-ring (bicyclic) bond motifs is 1. The largest absolute Gasteiger partial charge is 0.343 e. The first-order valence-corrected chi connectivity index (χ1v) is 10.4. The Hall–Kier alpha value is -2.12. The molecule has 1 aromatic heterocycles. The summed E-state index contributed by atoms with van der Waals surface area (Å²) >= 11 is 0. The number of urea groups is 1. The molecule has 2 fully saturated rings. The van der Waals surface area contributed by atoms with Crippen LogP contribution in [0, 0.1) is 0 Å². The van der Waals surface area contributed by atoms with Crippen LogP contribution in [0.4, 0.5) is 4.79 Å². The third-order valence-corrected chi connectivity index (χ3v) is 6.25. The summed E-state index contributed by atoms with van der Waals surface area (Å²) in [4.78, 5) is 28.0. The maximum Gasteiger partial charge on any atom is 0.318 e. The fourth-order valence-electron chi connectivity index (χ4n) is 4.68. The van der Waals surface area contributed by atoms with Crippen LogP contribution >= 0.6 is 0 Å². The van der Waals surface area contributed by atoms with Gasteiger partial charge in [0.1, 0.15) is 5.82 Å². The number of hydrogen-bond donors (Lipinski definition) is 1. The van der Waals surface area contributed by atoms with Crippen LogP contribution in [0.25, 0.3) is 0 Å². The van der Waals surface area contributed by atoms with Crippen molar-refractivity contribution in [3.8, 4) is 0 Å².